The molecule has 0 spiro atoms. The lowest BCUT2D eigenvalue weighted by molar-refractivity contribution is 0.0204. The number of halogens is 1. The van der Waals surface area contributed by atoms with Crippen LogP contribution in [-0.4, -0.2) is 44.4 Å². The van der Waals surface area contributed by atoms with Crippen LogP contribution in [0.15, 0.2) is 18.8 Å². The second-order valence-electron chi connectivity index (χ2n) is 9.28. The summed E-state index contributed by atoms with van der Waals surface area (Å²) in [6, 6.07) is 1.55. The number of carbonyl (C=O) groups excluding carboxylic acids is 1. The molecule has 2 aromatic heterocycles. The molecule has 0 N–H and O–H groups in total. The Bertz CT molecular complexity index is 997. The number of piperidine rings is 1. The van der Waals surface area contributed by atoms with Crippen molar-refractivity contribution in [2.24, 2.45) is 0 Å². The first-order chi connectivity index (χ1) is 14.1. The summed E-state index contributed by atoms with van der Waals surface area (Å²) >= 11 is 0. The maximum atomic E-state index is 13.6. The van der Waals surface area contributed by atoms with E-state index in [2.05, 4.69) is 11.6 Å². The van der Waals surface area contributed by atoms with Crippen molar-refractivity contribution >= 4 is 11.7 Å². The zero-order chi connectivity index (χ0) is 21.6. The van der Waals surface area contributed by atoms with Gasteiger partial charge in [-0.15, -0.1) is 0 Å². The molecule has 0 radical (unpaired) electrons. The van der Waals surface area contributed by atoms with E-state index in [1.54, 1.807) is 11.0 Å². The summed E-state index contributed by atoms with van der Waals surface area (Å²) in [4.78, 5) is 18.5. The van der Waals surface area contributed by atoms with E-state index in [0.29, 0.717) is 18.9 Å². The van der Waals surface area contributed by atoms with E-state index in [1.165, 1.54) is 6.20 Å². The third-order valence-corrected chi connectivity index (χ3v) is 5.71. The molecule has 0 atom stereocenters. The largest absolute Gasteiger partial charge is 0.444 e. The van der Waals surface area contributed by atoms with Gasteiger partial charge in [0.15, 0.2) is 5.82 Å². The van der Waals surface area contributed by atoms with Gasteiger partial charge in [-0.25, -0.2) is 18.9 Å². The van der Waals surface area contributed by atoms with Gasteiger partial charge in [-0.3, -0.25) is 0 Å². The highest BCUT2D eigenvalue weighted by Gasteiger charge is 2.33. The van der Waals surface area contributed by atoms with Crippen molar-refractivity contribution in [3.63, 3.8) is 0 Å². The molecule has 0 saturated carbocycles. The quantitative estimate of drug-likeness (QED) is 0.720. The van der Waals surface area contributed by atoms with Crippen LogP contribution >= 0.6 is 0 Å². The topological polar surface area (TPSA) is 60.3 Å². The van der Waals surface area contributed by atoms with Crippen LogP contribution in [0.25, 0.3) is 11.4 Å². The minimum atomic E-state index is -0.496. The number of hydrogen-bond acceptors (Lipinski definition) is 4. The first kappa shape index (κ1) is 20.6. The van der Waals surface area contributed by atoms with Gasteiger partial charge in [-0.2, -0.15) is 5.10 Å². The Hall–Kier alpha value is -2.70. The van der Waals surface area contributed by atoms with E-state index >= 15 is 0 Å². The zero-order valence-electron chi connectivity index (χ0n) is 18.2. The standard InChI is InChI=1S/C23H29FN4O2/c1-14(2)19-18-7-6-16-12-17(24)13-25-21(16)28(18)26-20(19)15-8-10-27(11-9-15)22(29)30-23(3,4)5/h12-13,15H,1,6-11H2,2-5H3. The third-order valence-electron chi connectivity index (χ3n) is 5.71. The molecule has 0 bridgehead atoms. The number of aromatic nitrogens is 3. The highest BCUT2D eigenvalue weighted by molar-refractivity contribution is 5.69. The number of fused-ring (bicyclic) bond motifs is 3. The van der Waals surface area contributed by atoms with E-state index < -0.39 is 5.60 Å². The second kappa shape index (κ2) is 7.52. The van der Waals surface area contributed by atoms with Gasteiger partial charge in [0.2, 0.25) is 0 Å². The van der Waals surface area contributed by atoms with Crippen LogP contribution in [0.1, 0.15) is 69.0 Å². The molecule has 1 fully saturated rings. The van der Waals surface area contributed by atoms with Crippen LogP contribution in [0.5, 0.6) is 0 Å². The van der Waals surface area contributed by atoms with Gasteiger partial charge in [0, 0.05) is 30.1 Å². The van der Waals surface area contributed by atoms with Gasteiger partial charge in [-0.1, -0.05) is 6.58 Å². The average Bonchev–Trinajstić information content (AvgIpc) is 3.06. The number of amides is 1. The summed E-state index contributed by atoms with van der Waals surface area (Å²) in [5, 5.41) is 4.93. The van der Waals surface area contributed by atoms with Crippen molar-refractivity contribution in [2.45, 2.75) is 64.9 Å². The van der Waals surface area contributed by atoms with Crippen molar-refractivity contribution < 1.29 is 13.9 Å². The summed E-state index contributed by atoms with van der Waals surface area (Å²) in [7, 11) is 0. The zero-order valence-corrected chi connectivity index (χ0v) is 18.2. The number of nitrogens with zero attached hydrogens (tertiary/aromatic N) is 4. The molecule has 6 nitrogen and oxygen atoms in total. The van der Waals surface area contributed by atoms with Crippen LogP contribution in [0.4, 0.5) is 9.18 Å². The number of likely N-dealkylation sites (tertiary alicyclic amines) is 1. The number of hydrogen-bond donors (Lipinski definition) is 0. The molecule has 1 amide bonds. The van der Waals surface area contributed by atoms with Crippen molar-refractivity contribution in [3.05, 3.63) is 47.2 Å². The molecular formula is C23H29FN4O2. The molecule has 2 aliphatic heterocycles. The first-order valence-electron chi connectivity index (χ1n) is 10.5. The normalized spacial score (nSPS) is 16.8. The fraction of sp³-hybridized carbons (Fsp3) is 0.522. The van der Waals surface area contributed by atoms with Gasteiger partial charge in [0.1, 0.15) is 11.4 Å². The Morgan fingerprint density at radius 2 is 1.97 bits per heavy atom. The summed E-state index contributed by atoms with van der Waals surface area (Å²) in [5.74, 6) is 0.620. The van der Waals surface area contributed by atoms with Crippen LogP contribution in [-0.2, 0) is 17.6 Å². The van der Waals surface area contributed by atoms with Crippen molar-refractivity contribution in [1.82, 2.24) is 19.7 Å². The van der Waals surface area contributed by atoms with E-state index in [-0.39, 0.29) is 17.8 Å². The molecule has 0 unspecified atom stereocenters. The molecule has 0 aromatic carbocycles. The Kier molecular flexibility index (Phi) is 5.16. The summed E-state index contributed by atoms with van der Waals surface area (Å²) in [6.07, 6.45) is 4.14. The molecule has 2 aliphatic rings. The Balaban J connectivity index is 1.60. The van der Waals surface area contributed by atoms with Gasteiger partial charge < -0.3 is 9.64 Å². The Morgan fingerprint density at radius 1 is 1.27 bits per heavy atom. The maximum absolute atomic E-state index is 13.6. The van der Waals surface area contributed by atoms with Crippen LogP contribution in [0.3, 0.4) is 0 Å². The van der Waals surface area contributed by atoms with Crippen molar-refractivity contribution in [3.8, 4) is 5.82 Å². The molecule has 7 heteroatoms. The molecule has 30 heavy (non-hydrogen) atoms. The highest BCUT2D eigenvalue weighted by atomic mass is 19.1. The molecule has 4 heterocycles. The van der Waals surface area contributed by atoms with Gasteiger partial charge >= 0.3 is 6.09 Å². The van der Waals surface area contributed by atoms with Gasteiger partial charge in [-0.05, 0) is 65.0 Å². The molecule has 4 rings (SSSR count). The van der Waals surface area contributed by atoms with Crippen molar-refractivity contribution in [2.75, 3.05) is 13.1 Å². The second-order valence-corrected chi connectivity index (χ2v) is 9.28. The number of pyridine rings is 1. The van der Waals surface area contributed by atoms with E-state index in [0.717, 1.165) is 53.8 Å². The van der Waals surface area contributed by atoms with Gasteiger partial charge in [0.05, 0.1) is 17.6 Å². The number of allylic oxidation sites excluding steroid dienone is 1. The Morgan fingerprint density at radius 3 is 2.60 bits per heavy atom. The van der Waals surface area contributed by atoms with Crippen LogP contribution in [0, 0.1) is 5.82 Å². The van der Waals surface area contributed by atoms with Crippen molar-refractivity contribution in [1.29, 1.82) is 0 Å². The number of aryl methyl sites for hydroxylation is 1. The van der Waals surface area contributed by atoms with E-state index in [1.807, 2.05) is 32.4 Å². The lowest BCUT2D eigenvalue weighted by atomic mass is 9.88. The summed E-state index contributed by atoms with van der Waals surface area (Å²) in [5.41, 5.74) is 4.57. The maximum Gasteiger partial charge on any atom is 0.410 e. The SMILES string of the molecule is C=C(C)c1c(C2CCN(C(=O)OC(C)(C)C)CC2)nn2c1CCc1cc(F)cnc1-2. The fourth-order valence-electron chi connectivity index (χ4n) is 4.39. The summed E-state index contributed by atoms with van der Waals surface area (Å²) < 4.78 is 21.0. The van der Waals surface area contributed by atoms with E-state index in [9.17, 15) is 9.18 Å². The summed E-state index contributed by atoms with van der Waals surface area (Å²) in [6.45, 7) is 13.1. The lowest BCUT2D eigenvalue weighted by Gasteiger charge is -2.33. The monoisotopic (exact) mass is 412 g/mol. The molecule has 1 saturated heterocycles. The smallest absolute Gasteiger partial charge is 0.410 e. The third kappa shape index (κ3) is 3.85. The van der Waals surface area contributed by atoms with Crippen LogP contribution in [0.2, 0.25) is 0 Å². The number of rotatable bonds is 2. The first-order valence-corrected chi connectivity index (χ1v) is 10.5. The average molecular weight is 413 g/mol. The fourth-order valence-corrected chi connectivity index (χ4v) is 4.39. The Labute approximate surface area is 176 Å². The minimum absolute atomic E-state index is 0.234. The van der Waals surface area contributed by atoms with Gasteiger partial charge in [0.25, 0.3) is 0 Å². The minimum Gasteiger partial charge on any atom is -0.444 e. The molecule has 2 aromatic rings. The molecule has 160 valence electrons. The van der Waals surface area contributed by atoms with Crippen LogP contribution < -0.4 is 0 Å². The highest BCUT2D eigenvalue weighted by Crippen LogP contribution is 2.37. The predicted molar refractivity (Wildman–Crippen MR) is 113 cm³/mol. The van der Waals surface area contributed by atoms with E-state index in [4.69, 9.17) is 9.84 Å². The number of ether oxygens (including phenoxy) is 1. The lowest BCUT2D eigenvalue weighted by Crippen LogP contribution is -2.41. The molecular weight excluding hydrogens is 383 g/mol. The molecule has 0 aliphatic carbocycles. The predicted octanol–water partition coefficient (Wildman–Crippen LogP) is 4.65. The number of carbonyl (C=O) groups is 1.